The van der Waals surface area contributed by atoms with Gasteiger partial charge in [-0.15, -0.1) is 0 Å². The van der Waals surface area contributed by atoms with Gasteiger partial charge in [-0.05, 0) is 60.2 Å². The number of aryl methyl sites for hydroxylation is 1. The molecule has 2 aromatic rings. The third kappa shape index (κ3) is 3.62. The van der Waals surface area contributed by atoms with Crippen LogP contribution in [0.15, 0.2) is 42.5 Å². The second-order valence-electron chi connectivity index (χ2n) is 6.38. The number of hydrogen-bond acceptors (Lipinski definition) is 2. The summed E-state index contributed by atoms with van der Waals surface area (Å²) < 4.78 is 13.2. The standard InChI is InChI=1S/C20H25FN2/c1-2-23-20-10-7-16-6-3-15(13-22)12-18(16)19(20)11-14-4-8-17(21)9-5-14/h3-6,8-9,12,19-20,23H,2,7,10-11,13,22H2,1H3. The van der Waals surface area contributed by atoms with Gasteiger partial charge in [-0.2, -0.15) is 0 Å². The maximum absolute atomic E-state index is 13.2. The Morgan fingerprint density at radius 1 is 1.13 bits per heavy atom. The van der Waals surface area contributed by atoms with Gasteiger partial charge in [0.2, 0.25) is 0 Å². The minimum absolute atomic E-state index is 0.175. The highest BCUT2D eigenvalue weighted by molar-refractivity contribution is 5.39. The summed E-state index contributed by atoms with van der Waals surface area (Å²) in [6, 6.07) is 14.0. The summed E-state index contributed by atoms with van der Waals surface area (Å²) >= 11 is 0. The molecule has 122 valence electrons. The van der Waals surface area contributed by atoms with Crippen LogP contribution in [0.1, 0.15) is 41.5 Å². The fourth-order valence-corrected chi connectivity index (χ4v) is 3.71. The van der Waals surface area contributed by atoms with Crippen molar-refractivity contribution in [3.05, 3.63) is 70.5 Å². The Bertz CT molecular complexity index is 651. The van der Waals surface area contributed by atoms with E-state index in [1.54, 1.807) is 12.1 Å². The molecule has 0 fully saturated rings. The molecule has 1 aliphatic rings. The van der Waals surface area contributed by atoms with Crippen molar-refractivity contribution in [2.45, 2.75) is 44.7 Å². The molecule has 0 saturated heterocycles. The van der Waals surface area contributed by atoms with Gasteiger partial charge >= 0.3 is 0 Å². The van der Waals surface area contributed by atoms with Crippen molar-refractivity contribution >= 4 is 0 Å². The van der Waals surface area contributed by atoms with Crippen molar-refractivity contribution in [2.24, 2.45) is 5.73 Å². The molecule has 0 radical (unpaired) electrons. The molecular weight excluding hydrogens is 287 g/mol. The van der Waals surface area contributed by atoms with Crippen LogP contribution in [0.3, 0.4) is 0 Å². The number of likely N-dealkylation sites (N-methyl/N-ethyl adjacent to an activating group) is 1. The number of nitrogens with two attached hydrogens (primary N) is 1. The number of nitrogens with one attached hydrogen (secondary N) is 1. The Hall–Kier alpha value is -1.71. The molecule has 0 amide bonds. The van der Waals surface area contributed by atoms with E-state index in [9.17, 15) is 4.39 Å². The predicted octanol–water partition coefficient (Wildman–Crippen LogP) is 3.54. The lowest BCUT2D eigenvalue weighted by molar-refractivity contribution is 0.392. The Morgan fingerprint density at radius 2 is 1.87 bits per heavy atom. The molecule has 0 heterocycles. The zero-order valence-corrected chi connectivity index (χ0v) is 13.7. The first-order valence-corrected chi connectivity index (χ1v) is 8.51. The van der Waals surface area contributed by atoms with E-state index in [0.29, 0.717) is 18.5 Å². The molecule has 0 aliphatic heterocycles. The van der Waals surface area contributed by atoms with Crippen LogP contribution in [0.4, 0.5) is 4.39 Å². The Kier molecular flexibility index (Phi) is 5.09. The minimum atomic E-state index is -0.175. The van der Waals surface area contributed by atoms with E-state index in [1.165, 1.54) is 22.3 Å². The van der Waals surface area contributed by atoms with E-state index >= 15 is 0 Å². The van der Waals surface area contributed by atoms with Gasteiger partial charge in [0.1, 0.15) is 5.82 Å². The fraction of sp³-hybridized carbons (Fsp3) is 0.400. The molecule has 23 heavy (non-hydrogen) atoms. The quantitative estimate of drug-likeness (QED) is 0.886. The van der Waals surface area contributed by atoms with Crippen LogP contribution in [0.2, 0.25) is 0 Å². The number of hydrogen-bond donors (Lipinski definition) is 2. The summed E-state index contributed by atoms with van der Waals surface area (Å²) in [5.41, 5.74) is 11.0. The van der Waals surface area contributed by atoms with Crippen molar-refractivity contribution in [2.75, 3.05) is 6.54 Å². The number of benzene rings is 2. The molecule has 1 aliphatic carbocycles. The molecule has 3 heteroatoms. The smallest absolute Gasteiger partial charge is 0.123 e. The van der Waals surface area contributed by atoms with Gasteiger partial charge in [0.25, 0.3) is 0 Å². The normalized spacial score (nSPS) is 20.3. The summed E-state index contributed by atoms with van der Waals surface area (Å²) in [4.78, 5) is 0. The molecule has 2 nitrogen and oxygen atoms in total. The van der Waals surface area contributed by atoms with Crippen LogP contribution in [-0.4, -0.2) is 12.6 Å². The van der Waals surface area contributed by atoms with E-state index in [1.807, 2.05) is 12.1 Å². The van der Waals surface area contributed by atoms with Gasteiger partial charge in [-0.3, -0.25) is 0 Å². The molecule has 2 aromatic carbocycles. The molecule has 3 N–H and O–H groups in total. The molecule has 0 aromatic heterocycles. The lowest BCUT2D eigenvalue weighted by Gasteiger charge is -2.35. The third-order valence-electron chi connectivity index (χ3n) is 4.89. The second-order valence-corrected chi connectivity index (χ2v) is 6.38. The topological polar surface area (TPSA) is 38.0 Å². The highest BCUT2D eigenvalue weighted by Gasteiger charge is 2.29. The second kappa shape index (κ2) is 7.24. The fourth-order valence-electron chi connectivity index (χ4n) is 3.71. The largest absolute Gasteiger partial charge is 0.326 e. The minimum Gasteiger partial charge on any atom is -0.326 e. The first kappa shape index (κ1) is 16.2. The third-order valence-corrected chi connectivity index (χ3v) is 4.89. The van der Waals surface area contributed by atoms with Crippen molar-refractivity contribution in [3.63, 3.8) is 0 Å². The monoisotopic (exact) mass is 312 g/mol. The number of rotatable bonds is 5. The van der Waals surface area contributed by atoms with Gasteiger partial charge in [0.05, 0.1) is 0 Å². The Morgan fingerprint density at radius 3 is 2.57 bits per heavy atom. The molecule has 0 saturated carbocycles. The van der Waals surface area contributed by atoms with Crippen molar-refractivity contribution in [3.8, 4) is 0 Å². The van der Waals surface area contributed by atoms with Crippen LogP contribution in [-0.2, 0) is 19.4 Å². The zero-order chi connectivity index (χ0) is 16.2. The average molecular weight is 312 g/mol. The van der Waals surface area contributed by atoms with E-state index in [2.05, 4.69) is 30.4 Å². The zero-order valence-electron chi connectivity index (χ0n) is 13.7. The number of halogens is 1. The summed E-state index contributed by atoms with van der Waals surface area (Å²) in [7, 11) is 0. The van der Waals surface area contributed by atoms with Gasteiger partial charge < -0.3 is 11.1 Å². The summed E-state index contributed by atoms with van der Waals surface area (Å²) in [5, 5.41) is 3.64. The SMILES string of the molecule is CCNC1CCc2ccc(CN)cc2C1Cc1ccc(F)cc1. The van der Waals surface area contributed by atoms with Crippen LogP contribution in [0.25, 0.3) is 0 Å². The first-order valence-electron chi connectivity index (χ1n) is 8.51. The number of fused-ring (bicyclic) bond motifs is 1. The van der Waals surface area contributed by atoms with Gasteiger partial charge in [-0.1, -0.05) is 37.3 Å². The molecule has 2 unspecified atom stereocenters. The van der Waals surface area contributed by atoms with E-state index in [-0.39, 0.29) is 5.82 Å². The average Bonchev–Trinajstić information content (AvgIpc) is 2.58. The first-order chi connectivity index (χ1) is 11.2. The summed E-state index contributed by atoms with van der Waals surface area (Å²) in [6.07, 6.45) is 3.19. The lowest BCUT2D eigenvalue weighted by Crippen LogP contribution is -2.39. The molecule has 0 spiro atoms. The van der Waals surface area contributed by atoms with Gasteiger partial charge in [-0.25, -0.2) is 4.39 Å². The maximum Gasteiger partial charge on any atom is 0.123 e. The van der Waals surface area contributed by atoms with Crippen molar-refractivity contribution in [1.82, 2.24) is 5.32 Å². The molecule has 3 rings (SSSR count). The van der Waals surface area contributed by atoms with Crippen molar-refractivity contribution in [1.29, 1.82) is 0 Å². The van der Waals surface area contributed by atoms with Crippen molar-refractivity contribution < 1.29 is 4.39 Å². The van der Waals surface area contributed by atoms with E-state index in [0.717, 1.165) is 25.8 Å². The van der Waals surface area contributed by atoms with Crippen LogP contribution in [0.5, 0.6) is 0 Å². The molecule has 2 atom stereocenters. The van der Waals surface area contributed by atoms with E-state index < -0.39 is 0 Å². The Balaban J connectivity index is 1.93. The summed E-state index contributed by atoms with van der Waals surface area (Å²) in [5.74, 6) is 0.238. The van der Waals surface area contributed by atoms with E-state index in [4.69, 9.17) is 5.73 Å². The van der Waals surface area contributed by atoms with Crippen LogP contribution in [0, 0.1) is 5.82 Å². The predicted molar refractivity (Wildman–Crippen MR) is 93.0 cm³/mol. The highest BCUT2D eigenvalue weighted by Crippen LogP contribution is 2.35. The molecular formula is C20H25FN2. The van der Waals surface area contributed by atoms with Gasteiger partial charge in [0, 0.05) is 18.5 Å². The van der Waals surface area contributed by atoms with Gasteiger partial charge in [0.15, 0.2) is 0 Å². The summed E-state index contributed by atoms with van der Waals surface area (Å²) in [6.45, 7) is 3.69. The lowest BCUT2D eigenvalue weighted by atomic mass is 9.75. The maximum atomic E-state index is 13.2. The Labute approximate surface area is 137 Å². The van der Waals surface area contributed by atoms with Crippen LogP contribution < -0.4 is 11.1 Å². The highest BCUT2D eigenvalue weighted by atomic mass is 19.1. The van der Waals surface area contributed by atoms with Crippen LogP contribution >= 0.6 is 0 Å². The molecule has 0 bridgehead atoms.